The normalized spacial score (nSPS) is 11.4. The minimum Gasteiger partial charge on any atom is -0.372 e. The molecule has 146 valence electrons. The van der Waals surface area contributed by atoms with E-state index in [-0.39, 0.29) is 0 Å². The number of benzene rings is 2. The number of aryl methyl sites for hydroxylation is 1. The molecule has 0 unspecified atom stereocenters. The molecule has 3 rings (SSSR count). The van der Waals surface area contributed by atoms with Crippen molar-refractivity contribution in [3.63, 3.8) is 0 Å². The molecule has 0 aliphatic heterocycles. The summed E-state index contributed by atoms with van der Waals surface area (Å²) in [5.41, 5.74) is 3.81. The van der Waals surface area contributed by atoms with Crippen molar-refractivity contribution < 1.29 is 4.57 Å². The van der Waals surface area contributed by atoms with E-state index in [9.17, 15) is 0 Å². The van der Waals surface area contributed by atoms with Gasteiger partial charge in [-0.05, 0) is 52.9 Å². The van der Waals surface area contributed by atoms with Gasteiger partial charge in [0.25, 0.3) is 0 Å². The number of aromatic nitrogens is 1. The van der Waals surface area contributed by atoms with E-state index in [1.165, 1.54) is 53.3 Å². The molecule has 0 fully saturated rings. The molecule has 1 heterocycles. The van der Waals surface area contributed by atoms with E-state index >= 15 is 0 Å². The second-order valence-corrected chi connectivity index (χ2v) is 7.62. The molecule has 28 heavy (non-hydrogen) atoms. The summed E-state index contributed by atoms with van der Waals surface area (Å²) in [5, 5.41) is 2.62. The minimum absolute atomic E-state index is 1.15. The van der Waals surface area contributed by atoms with Crippen molar-refractivity contribution in [2.45, 2.75) is 39.5 Å². The molecule has 0 bridgehead atoms. The minimum atomic E-state index is 1.15. The van der Waals surface area contributed by atoms with Crippen molar-refractivity contribution in [1.29, 1.82) is 0 Å². The van der Waals surface area contributed by atoms with Gasteiger partial charge in [0, 0.05) is 30.9 Å². The Morgan fingerprint density at radius 2 is 1.36 bits per heavy atom. The Kier molecular flexibility index (Phi) is 7.25. The molecule has 1 aromatic heterocycles. The van der Waals surface area contributed by atoms with Crippen LogP contribution in [0.2, 0.25) is 0 Å². The maximum atomic E-state index is 2.55. The van der Waals surface area contributed by atoms with Gasteiger partial charge in [0.05, 0.1) is 0 Å². The van der Waals surface area contributed by atoms with Crippen LogP contribution in [-0.4, -0.2) is 13.1 Å². The van der Waals surface area contributed by atoms with E-state index in [4.69, 9.17) is 0 Å². The third-order valence-electron chi connectivity index (χ3n) is 5.25. The zero-order valence-electron chi connectivity index (χ0n) is 17.6. The maximum Gasteiger partial charge on any atom is 0.169 e. The number of hydrogen-bond acceptors (Lipinski definition) is 1. The van der Waals surface area contributed by atoms with Gasteiger partial charge in [-0.25, -0.2) is 4.57 Å². The van der Waals surface area contributed by atoms with E-state index in [0.717, 1.165) is 13.1 Å². The molecular formula is C26H33N2+. The third-order valence-corrected chi connectivity index (χ3v) is 5.25. The number of anilines is 1. The highest BCUT2D eigenvalue weighted by atomic mass is 15.1. The van der Waals surface area contributed by atoms with E-state index in [1.54, 1.807) is 0 Å². The molecule has 0 radical (unpaired) electrons. The fourth-order valence-corrected chi connectivity index (χ4v) is 3.44. The lowest BCUT2D eigenvalue weighted by molar-refractivity contribution is -0.671. The molecule has 0 saturated carbocycles. The van der Waals surface area contributed by atoms with Crippen LogP contribution in [0.1, 0.15) is 50.7 Å². The van der Waals surface area contributed by atoms with Crippen molar-refractivity contribution in [2.75, 3.05) is 18.0 Å². The van der Waals surface area contributed by atoms with Crippen molar-refractivity contribution in [3.8, 4) is 0 Å². The van der Waals surface area contributed by atoms with Crippen LogP contribution in [0, 0.1) is 0 Å². The first-order valence-electron chi connectivity index (χ1n) is 10.6. The lowest BCUT2D eigenvalue weighted by atomic mass is 10.0. The van der Waals surface area contributed by atoms with Crippen LogP contribution >= 0.6 is 0 Å². The first-order chi connectivity index (χ1) is 13.7. The van der Waals surface area contributed by atoms with Crippen molar-refractivity contribution >= 4 is 28.6 Å². The molecule has 2 aromatic carbocycles. The summed E-state index contributed by atoms with van der Waals surface area (Å²) in [5.74, 6) is 0. The average molecular weight is 374 g/mol. The number of fused-ring (bicyclic) bond motifs is 1. The first-order valence-corrected chi connectivity index (χ1v) is 10.6. The number of rotatable bonds is 9. The fraction of sp³-hybridized carbons (Fsp3) is 0.346. The van der Waals surface area contributed by atoms with Gasteiger partial charge in [-0.2, -0.15) is 0 Å². The highest BCUT2D eigenvalue weighted by Crippen LogP contribution is 2.25. The summed E-state index contributed by atoms with van der Waals surface area (Å²) >= 11 is 0. The monoisotopic (exact) mass is 373 g/mol. The summed E-state index contributed by atoms with van der Waals surface area (Å²) < 4.78 is 2.05. The van der Waals surface area contributed by atoms with Gasteiger partial charge in [-0.1, -0.05) is 57.0 Å². The van der Waals surface area contributed by atoms with E-state index in [2.05, 4.69) is 96.4 Å². The largest absolute Gasteiger partial charge is 0.372 e. The molecule has 0 aliphatic rings. The number of nitrogens with zero attached hydrogens (tertiary/aromatic N) is 2. The Bertz CT molecular complexity index is 901. The first kappa shape index (κ1) is 20.1. The fourth-order valence-electron chi connectivity index (χ4n) is 3.44. The highest BCUT2D eigenvalue weighted by Gasteiger charge is 2.07. The molecule has 3 aromatic rings. The van der Waals surface area contributed by atoms with Crippen LogP contribution in [0.5, 0.6) is 0 Å². The van der Waals surface area contributed by atoms with Crippen molar-refractivity contribution in [2.24, 2.45) is 7.05 Å². The van der Waals surface area contributed by atoms with Crippen LogP contribution in [0.15, 0.2) is 60.9 Å². The Morgan fingerprint density at radius 3 is 2.04 bits per heavy atom. The standard InChI is InChI=1S/C26H33N2/c1-4-6-16-28(17-7-5-2)26-13-12-24-20-23(10-11-25(24)21-26)9-8-22-14-18-27(3)19-15-22/h8-15,18-21H,4-7,16-17H2,1-3H3/q+1. The van der Waals surface area contributed by atoms with Gasteiger partial charge in [-0.3, -0.25) is 0 Å². The topological polar surface area (TPSA) is 7.12 Å². The molecule has 0 saturated heterocycles. The lowest BCUT2D eigenvalue weighted by Gasteiger charge is -2.25. The van der Waals surface area contributed by atoms with Crippen LogP contribution in [0.3, 0.4) is 0 Å². The Hall–Kier alpha value is -2.61. The third kappa shape index (κ3) is 5.45. The number of pyridine rings is 1. The van der Waals surface area contributed by atoms with Crippen LogP contribution in [-0.2, 0) is 7.05 Å². The summed E-state index contributed by atoms with van der Waals surface area (Å²) in [4.78, 5) is 2.55. The zero-order chi connectivity index (χ0) is 19.8. The molecule has 0 atom stereocenters. The van der Waals surface area contributed by atoms with Gasteiger partial charge in [-0.15, -0.1) is 0 Å². The quantitative estimate of drug-likeness (QED) is 0.403. The molecule has 0 aliphatic carbocycles. The van der Waals surface area contributed by atoms with Crippen LogP contribution in [0.4, 0.5) is 5.69 Å². The average Bonchev–Trinajstić information content (AvgIpc) is 2.73. The molecule has 2 heteroatoms. The maximum absolute atomic E-state index is 2.55. The van der Waals surface area contributed by atoms with Gasteiger partial charge in [0.15, 0.2) is 12.4 Å². The molecular weight excluding hydrogens is 340 g/mol. The second-order valence-electron chi connectivity index (χ2n) is 7.62. The Balaban J connectivity index is 1.79. The molecule has 0 spiro atoms. The van der Waals surface area contributed by atoms with Gasteiger partial charge in [0.2, 0.25) is 0 Å². The molecule has 0 amide bonds. The summed E-state index contributed by atoms with van der Waals surface area (Å²) in [7, 11) is 2.04. The van der Waals surface area contributed by atoms with E-state index < -0.39 is 0 Å². The Labute approximate surface area is 170 Å². The van der Waals surface area contributed by atoms with Crippen molar-refractivity contribution in [1.82, 2.24) is 0 Å². The van der Waals surface area contributed by atoms with Gasteiger partial charge < -0.3 is 4.90 Å². The number of unbranched alkanes of at least 4 members (excludes halogenated alkanes) is 2. The summed E-state index contributed by atoms with van der Waals surface area (Å²) in [6.07, 6.45) is 13.5. The zero-order valence-corrected chi connectivity index (χ0v) is 17.6. The van der Waals surface area contributed by atoms with E-state index in [1.807, 2.05) is 7.05 Å². The van der Waals surface area contributed by atoms with Crippen LogP contribution in [0.25, 0.3) is 22.9 Å². The smallest absolute Gasteiger partial charge is 0.169 e. The van der Waals surface area contributed by atoms with Gasteiger partial charge in [0.1, 0.15) is 7.05 Å². The predicted octanol–water partition coefficient (Wildman–Crippen LogP) is 6.24. The van der Waals surface area contributed by atoms with Crippen molar-refractivity contribution in [3.05, 3.63) is 72.1 Å². The summed E-state index contributed by atoms with van der Waals surface area (Å²) in [6.45, 7) is 6.83. The Morgan fingerprint density at radius 1 is 0.750 bits per heavy atom. The molecule has 0 N–H and O–H groups in total. The lowest BCUT2D eigenvalue weighted by Crippen LogP contribution is -2.25. The van der Waals surface area contributed by atoms with E-state index in [0.29, 0.717) is 0 Å². The molecule has 2 nitrogen and oxygen atoms in total. The summed E-state index contributed by atoms with van der Waals surface area (Å²) in [6, 6.07) is 17.9. The second kappa shape index (κ2) is 10.1. The SMILES string of the molecule is CCCCN(CCCC)c1ccc2cc(C=Cc3cc[n+](C)cc3)ccc2c1. The predicted molar refractivity (Wildman–Crippen MR) is 123 cm³/mol. The highest BCUT2D eigenvalue weighted by molar-refractivity contribution is 5.88. The number of hydrogen-bond donors (Lipinski definition) is 0. The van der Waals surface area contributed by atoms with Gasteiger partial charge >= 0.3 is 0 Å². The van der Waals surface area contributed by atoms with Crippen LogP contribution < -0.4 is 9.47 Å².